The lowest BCUT2D eigenvalue weighted by atomic mass is 9.86. The standard InChI is InChI=1S/C18H20O2/c1-18(11-5-2-6-12-18)20-17(19)16-10-9-14-7-3-4-8-15(14)13-16/h3-4,7-10,13H,2,5-6,11-12H2,1H3. The van der Waals surface area contributed by atoms with E-state index in [9.17, 15) is 4.79 Å². The lowest BCUT2D eigenvalue weighted by Crippen LogP contribution is -2.33. The molecular weight excluding hydrogens is 248 g/mol. The summed E-state index contributed by atoms with van der Waals surface area (Å²) in [5, 5.41) is 2.23. The number of ether oxygens (including phenoxy) is 1. The van der Waals surface area contributed by atoms with Gasteiger partial charge in [-0.1, -0.05) is 36.8 Å². The molecule has 3 rings (SSSR count). The van der Waals surface area contributed by atoms with Crippen LogP contribution in [0.1, 0.15) is 49.4 Å². The van der Waals surface area contributed by atoms with Crippen LogP contribution in [0.4, 0.5) is 0 Å². The van der Waals surface area contributed by atoms with Gasteiger partial charge in [0.1, 0.15) is 5.60 Å². The Labute approximate surface area is 119 Å². The van der Waals surface area contributed by atoms with Crippen molar-refractivity contribution < 1.29 is 9.53 Å². The third-order valence-corrected chi connectivity index (χ3v) is 4.24. The van der Waals surface area contributed by atoms with E-state index in [2.05, 4.69) is 6.92 Å². The highest BCUT2D eigenvalue weighted by molar-refractivity contribution is 5.95. The van der Waals surface area contributed by atoms with Crippen LogP contribution in [0, 0.1) is 0 Å². The van der Waals surface area contributed by atoms with Crippen molar-refractivity contribution in [1.29, 1.82) is 0 Å². The molecule has 2 heteroatoms. The van der Waals surface area contributed by atoms with Crippen molar-refractivity contribution in [3.8, 4) is 0 Å². The first-order valence-electron chi connectivity index (χ1n) is 7.38. The Bertz CT molecular complexity index is 624. The molecule has 0 heterocycles. The minimum absolute atomic E-state index is 0.194. The molecule has 104 valence electrons. The summed E-state index contributed by atoms with van der Waals surface area (Å²) in [4.78, 5) is 12.3. The van der Waals surface area contributed by atoms with Crippen molar-refractivity contribution >= 4 is 16.7 Å². The molecule has 0 saturated heterocycles. The molecule has 0 N–H and O–H groups in total. The van der Waals surface area contributed by atoms with E-state index in [1.807, 2.05) is 42.5 Å². The van der Waals surface area contributed by atoms with Gasteiger partial charge in [-0.15, -0.1) is 0 Å². The van der Waals surface area contributed by atoms with Crippen LogP contribution in [0.15, 0.2) is 42.5 Å². The fourth-order valence-electron chi connectivity index (χ4n) is 3.00. The van der Waals surface area contributed by atoms with Gasteiger partial charge in [0.05, 0.1) is 5.56 Å². The van der Waals surface area contributed by atoms with E-state index in [1.165, 1.54) is 6.42 Å². The number of hydrogen-bond donors (Lipinski definition) is 0. The maximum atomic E-state index is 12.3. The predicted octanol–water partition coefficient (Wildman–Crippen LogP) is 4.72. The Hall–Kier alpha value is -1.83. The Kier molecular flexibility index (Phi) is 3.47. The van der Waals surface area contributed by atoms with Gasteiger partial charge in [-0.2, -0.15) is 0 Å². The van der Waals surface area contributed by atoms with Gasteiger partial charge in [-0.3, -0.25) is 0 Å². The van der Waals surface area contributed by atoms with Crippen molar-refractivity contribution in [3.05, 3.63) is 48.0 Å². The summed E-state index contributed by atoms with van der Waals surface area (Å²) >= 11 is 0. The lowest BCUT2D eigenvalue weighted by molar-refractivity contribution is -0.0269. The van der Waals surface area contributed by atoms with Crippen molar-refractivity contribution in [2.45, 2.75) is 44.6 Å². The number of esters is 1. The average molecular weight is 268 g/mol. The van der Waals surface area contributed by atoms with E-state index in [-0.39, 0.29) is 11.6 Å². The first kappa shape index (κ1) is 13.2. The minimum Gasteiger partial charge on any atom is -0.456 e. The van der Waals surface area contributed by atoms with Crippen LogP contribution < -0.4 is 0 Å². The Balaban J connectivity index is 1.81. The molecule has 2 nitrogen and oxygen atoms in total. The second kappa shape index (κ2) is 5.28. The molecule has 0 radical (unpaired) electrons. The number of carbonyl (C=O) groups excluding carboxylic acids is 1. The van der Waals surface area contributed by atoms with Gasteiger partial charge in [-0.25, -0.2) is 4.79 Å². The van der Waals surface area contributed by atoms with Gasteiger partial charge >= 0.3 is 5.97 Å². The molecule has 0 aliphatic heterocycles. The average Bonchev–Trinajstić information content (AvgIpc) is 2.47. The summed E-state index contributed by atoms with van der Waals surface area (Å²) in [5.41, 5.74) is 0.372. The topological polar surface area (TPSA) is 26.3 Å². The summed E-state index contributed by atoms with van der Waals surface area (Å²) in [7, 11) is 0. The van der Waals surface area contributed by atoms with Gasteiger partial charge in [0.15, 0.2) is 0 Å². The quantitative estimate of drug-likeness (QED) is 0.737. The van der Waals surface area contributed by atoms with Crippen LogP contribution in [0.3, 0.4) is 0 Å². The van der Waals surface area contributed by atoms with Crippen LogP contribution in [-0.4, -0.2) is 11.6 Å². The van der Waals surface area contributed by atoms with E-state index in [1.54, 1.807) is 0 Å². The fourth-order valence-corrected chi connectivity index (χ4v) is 3.00. The smallest absolute Gasteiger partial charge is 0.338 e. The predicted molar refractivity (Wildman–Crippen MR) is 80.9 cm³/mol. The van der Waals surface area contributed by atoms with Crippen LogP contribution in [0.5, 0.6) is 0 Å². The van der Waals surface area contributed by atoms with Crippen molar-refractivity contribution in [2.75, 3.05) is 0 Å². The Morgan fingerprint density at radius 1 is 1.00 bits per heavy atom. The molecule has 0 spiro atoms. The zero-order valence-electron chi connectivity index (χ0n) is 11.9. The fraction of sp³-hybridized carbons (Fsp3) is 0.389. The second-order valence-corrected chi connectivity index (χ2v) is 5.96. The molecule has 20 heavy (non-hydrogen) atoms. The zero-order chi connectivity index (χ0) is 14.0. The number of hydrogen-bond acceptors (Lipinski definition) is 2. The molecule has 0 atom stereocenters. The summed E-state index contributed by atoms with van der Waals surface area (Å²) in [6.45, 7) is 2.06. The molecule has 0 bridgehead atoms. The first-order valence-corrected chi connectivity index (χ1v) is 7.38. The van der Waals surface area contributed by atoms with Gasteiger partial charge in [-0.05, 0) is 55.5 Å². The molecule has 0 unspecified atom stereocenters. The van der Waals surface area contributed by atoms with Crippen LogP contribution in [-0.2, 0) is 4.74 Å². The molecule has 0 aromatic heterocycles. The lowest BCUT2D eigenvalue weighted by Gasteiger charge is -2.33. The van der Waals surface area contributed by atoms with E-state index in [0.29, 0.717) is 5.56 Å². The van der Waals surface area contributed by atoms with Crippen LogP contribution >= 0.6 is 0 Å². The van der Waals surface area contributed by atoms with Gasteiger partial charge < -0.3 is 4.74 Å². The van der Waals surface area contributed by atoms with E-state index >= 15 is 0 Å². The minimum atomic E-state index is -0.277. The molecule has 1 aliphatic rings. The van der Waals surface area contributed by atoms with Gasteiger partial charge in [0, 0.05) is 0 Å². The van der Waals surface area contributed by atoms with E-state index < -0.39 is 0 Å². The Morgan fingerprint density at radius 2 is 1.70 bits per heavy atom. The maximum absolute atomic E-state index is 12.3. The molecule has 0 amide bonds. The third-order valence-electron chi connectivity index (χ3n) is 4.24. The highest BCUT2D eigenvalue weighted by atomic mass is 16.6. The first-order chi connectivity index (χ1) is 9.66. The number of fused-ring (bicyclic) bond motifs is 1. The van der Waals surface area contributed by atoms with Crippen molar-refractivity contribution in [3.63, 3.8) is 0 Å². The third kappa shape index (κ3) is 2.69. The SMILES string of the molecule is CC1(OC(=O)c2ccc3ccccc3c2)CCCCC1. The monoisotopic (exact) mass is 268 g/mol. The van der Waals surface area contributed by atoms with Crippen molar-refractivity contribution in [2.24, 2.45) is 0 Å². The molecular formula is C18H20O2. The summed E-state index contributed by atoms with van der Waals surface area (Å²) in [6.07, 6.45) is 5.52. The summed E-state index contributed by atoms with van der Waals surface area (Å²) in [6, 6.07) is 13.8. The maximum Gasteiger partial charge on any atom is 0.338 e. The van der Waals surface area contributed by atoms with Crippen LogP contribution in [0.2, 0.25) is 0 Å². The second-order valence-electron chi connectivity index (χ2n) is 5.96. The van der Waals surface area contributed by atoms with E-state index in [0.717, 1.165) is 36.5 Å². The Morgan fingerprint density at radius 3 is 2.45 bits per heavy atom. The highest BCUT2D eigenvalue weighted by Crippen LogP contribution is 2.32. The van der Waals surface area contributed by atoms with Crippen LogP contribution in [0.25, 0.3) is 10.8 Å². The summed E-state index contributed by atoms with van der Waals surface area (Å²) < 4.78 is 5.77. The van der Waals surface area contributed by atoms with Gasteiger partial charge in [0.25, 0.3) is 0 Å². The zero-order valence-corrected chi connectivity index (χ0v) is 11.9. The van der Waals surface area contributed by atoms with Crippen molar-refractivity contribution in [1.82, 2.24) is 0 Å². The number of benzene rings is 2. The molecule has 1 aliphatic carbocycles. The summed E-state index contributed by atoms with van der Waals surface area (Å²) in [5.74, 6) is -0.194. The molecule has 2 aromatic rings. The largest absolute Gasteiger partial charge is 0.456 e. The van der Waals surface area contributed by atoms with E-state index in [4.69, 9.17) is 4.74 Å². The highest BCUT2D eigenvalue weighted by Gasteiger charge is 2.31. The molecule has 1 saturated carbocycles. The molecule has 1 fully saturated rings. The normalized spacial score (nSPS) is 17.9. The number of carbonyl (C=O) groups is 1. The van der Waals surface area contributed by atoms with Gasteiger partial charge in [0.2, 0.25) is 0 Å². The number of rotatable bonds is 2. The molecule has 2 aromatic carbocycles.